The van der Waals surface area contributed by atoms with Crippen LogP contribution in [-0.2, 0) is 28.5 Å². The van der Waals surface area contributed by atoms with Crippen LogP contribution in [0.25, 0.3) is 0 Å². The minimum Gasteiger partial charge on any atom is -0.463 e. The van der Waals surface area contributed by atoms with E-state index in [4.69, 9.17) is 23.7 Å². The molecule has 8 aliphatic rings. The van der Waals surface area contributed by atoms with Gasteiger partial charge in [-0.1, -0.05) is 34.6 Å². The Morgan fingerprint density at radius 3 is 2.55 bits per heavy atom. The molecule has 7 nitrogen and oxygen atoms in total. The normalized spacial score (nSPS) is 49.6. The van der Waals surface area contributed by atoms with E-state index in [0.717, 1.165) is 57.1 Å². The van der Waals surface area contributed by atoms with E-state index in [2.05, 4.69) is 39.5 Å². The summed E-state index contributed by atoms with van der Waals surface area (Å²) in [6.07, 6.45) is 14.1. The molecular weight excluding hydrogens is 554 g/mol. The highest BCUT2D eigenvalue weighted by Crippen LogP contribution is 2.87. The summed E-state index contributed by atoms with van der Waals surface area (Å²) in [5.41, 5.74) is 1.64. The molecule has 0 aromatic carbocycles. The highest BCUT2D eigenvalue weighted by Gasteiger charge is 2.80. The predicted molar refractivity (Wildman–Crippen MR) is 167 cm³/mol. The van der Waals surface area contributed by atoms with Gasteiger partial charge in [0, 0.05) is 13.0 Å². The molecule has 3 aliphatic heterocycles. The zero-order valence-corrected chi connectivity index (χ0v) is 28.2. The molecule has 7 heteroatoms. The van der Waals surface area contributed by atoms with Gasteiger partial charge in [-0.05, 0) is 115 Å². The Bertz CT molecular complexity index is 1110. The molecule has 3 heterocycles. The summed E-state index contributed by atoms with van der Waals surface area (Å²) in [4.78, 5) is 14.7. The monoisotopic (exact) mass is 613 g/mol. The van der Waals surface area contributed by atoms with Crippen LogP contribution < -0.4 is 0 Å². The van der Waals surface area contributed by atoms with E-state index in [1.807, 2.05) is 0 Å². The van der Waals surface area contributed by atoms with Crippen molar-refractivity contribution in [1.82, 2.24) is 4.90 Å². The molecule has 9 unspecified atom stereocenters. The summed E-state index contributed by atoms with van der Waals surface area (Å²) >= 11 is 0. The Balaban J connectivity index is 0.928. The zero-order chi connectivity index (χ0) is 30.5. The van der Waals surface area contributed by atoms with Gasteiger partial charge in [-0.25, -0.2) is 0 Å². The third-order valence-corrected chi connectivity index (χ3v) is 15.1. The van der Waals surface area contributed by atoms with Crippen LogP contribution in [0.2, 0.25) is 0 Å². The van der Waals surface area contributed by atoms with Gasteiger partial charge in [-0.2, -0.15) is 0 Å². The second-order valence-electron chi connectivity index (χ2n) is 17.8. The van der Waals surface area contributed by atoms with Gasteiger partial charge >= 0.3 is 5.97 Å². The Kier molecular flexibility index (Phi) is 7.58. The Labute approximate surface area is 265 Å². The van der Waals surface area contributed by atoms with E-state index >= 15 is 0 Å². The molecular formula is C37H59NO6. The summed E-state index contributed by atoms with van der Waals surface area (Å²) in [5.74, 6) is 3.31. The van der Waals surface area contributed by atoms with Crippen LogP contribution >= 0.6 is 0 Å². The quantitative estimate of drug-likeness (QED) is 0.316. The van der Waals surface area contributed by atoms with Gasteiger partial charge in [0.1, 0.15) is 6.61 Å². The first kappa shape index (κ1) is 30.6. The van der Waals surface area contributed by atoms with E-state index in [1.54, 1.807) is 0 Å². The number of ether oxygens (including phenoxy) is 5. The largest absolute Gasteiger partial charge is 0.463 e. The van der Waals surface area contributed by atoms with E-state index < -0.39 is 0 Å². The minimum absolute atomic E-state index is 0.0736. The van der Waals surface area contributed by atoms with Crippen molar-refractivity contribution in [3.05, 3.63) is 0 Å². The number of esters is 1. The van der Waals surface area contributed by atoms with Gasteiger partial charge in [-0.15, -0.1) is 0 Å². The molecule has 5 saturated carbocycles. The molecule has 0 bridgehead atoms. The highest BCUT2D eigenvalue weighted by atomic mass is 16.7. The van der Waals surface area contributed by atoms with E-state index in [1.165, 1.54) is 57.8 Å². The topological polar surface area (TPSA) is 66.5 Å². The van der Waals surface area contributed by atoms with Crippen molar-refractivity contribution >= 4 is 5.97 Å². The van der Waals surface area contributed by atoms with Crippen LogP contribution in [0.3, 0.4) is 0 Å². The van der Waals surface area contributed by atoms with Gasteiger partial charge in [0.15, 0.2) is 6.29 Å². The molecule has 11 atom stereocenters. The fourth-order valence-electron chi connectivity index (χ4n) is 12.9. The third kappa shape index (κ3) is 4.63. The van der Waals surface area contributed by atoms with Crippen molar-refractivity contribution in [3.8, 4) is 0 Å². The number of rotatable bonds is 7. The first-order valence-electron chi connectivity index (χ1n) is 18.5. The molecule has 0 aromatic heterocycles. The number of nitrogens with zero attached hydrogens (tertiary/aromatic N) is 1. The maximum absolute atomic E-state index is 12.2. The molecule has 0 aromatic rings. The third-order valence-electron chi connectivity index (χ3n) is 15.1. The van der Waals surface area contributed by atoms with E-state index in [9.17, 15) is 4.79 Å². The van der Waals surface area contributed by atoms with Crippen molar-refractivity contribution in [2.24, 2.45) is 51.2 Å². The van der Waals surface area contributed by atoms with Gasteiger partial charge in [0.2, 0.25) is 0 Å². The lowest BCUT2D eigenvalue weighted by molar-refractivity contribution is -0.253. The summed E-state index contributed by atoms with van der Waals surface area (Å²) in [6, 6.07) is 0.550. The highest BCUT2D eigenvalue weighted by molar-refractivity contribution is 5.69. The summed E-state index contributed by atoms with van der Waals surface area (Å²) in [5, 5.41) is 0. The van der Waals surface area contributed by atoms with Crippen molar-refractivity contribution in [2.75, 3.05) is 39.5 Å². The minimum atomic E-state index is -0.105. The van der Waals surface area contributed by atoms with Crippen LogP contribution in [0.4, 0.5) is 0 Å². The van der Waals surface area contributed by atoms with Crippen LogP contribution in [0, 0.1) is 51.2 Å². The van der Waals surface area contributed by atoms with Crippen LogP contribution in [0.15, 0.2) is 0 Å². The summed E-state index contributed by atoms with van der Waals surface area (Å²) in [7, 11) is 0. The van der Waals surface area contributed by atoms with Gasteiger partial charge in [0.05, 0.1) is 50.7 Å². The Hall–Kier alpha value is -0.730. The standard InChI is InChI=1S/C37H59NO6/c1-23(2)16-32(39)42-21-25-6-7-27-29(43-25)17-28-26-8-9-30-34(3,4)31(44-33-18-38(14-15-41-33)24-19-40-20-24)10-11-37(30)22-36(26,37)13-12-35(27,28)5/h23-31,33H,6-22H2,1-5H3/t25?,26?,27?,28?,29?,30?,31-,33?,35?,36-,37?/m0/s1. The van der Waals surface area contributed by atoms with Crippen molar-refractivity contribution in [2.45, 2.75) is 136 Å². The van der Waals surface area contributed by atoms with Crippen molar-refractivity contribution in [3.63, 3.8) is 0 Å². The van der Waals surface area contributed by atoms with Crippen molar-refractivity contribution in [1.29, 1.82) is 0 Å². The molecule has 0 N–H and O–H groups in total. The molecule has 3 saturated heterocycles. The number of carbonyl (C=O) groups excluding carboxylic acids is 1. The van der Waals surface area contributed by atoms with E-state index in [-0.39, 0.29) is 29.9 Å². The molecule has 2 spiro atoms. The van der Waals surface area contributed by atoms with E-state index in [0.29, 0.717) is 53.3 Å². The average molecular weight is 614 g/mol. The predicted octanol–water partition coefficient (Wildman–Crippen LogP) is 6.22. The first-order valence-corrected chi connectivity index (χ1v) is 18.5. The zero-order valence-electron chi connectivity index (χ0n) is 28.2. The smallest absolute Gasteiger partial charge is 0.306 e. The molecule has 5 aliphatic carbocycles. The lowest BCUT2D eigenvalue weighted by atomic mass is 9.46. The summed E-state index contributed by atoms with van der Waals surface area (Å²) in [6.45, 7) is 16.7. The van der Waals surface area contributed by atoms with Crippen molar-refractivity contribution < 1.29 is 28.5 Å². The average Bonchev–Trinajstić information content (AvgIpc) is 3.52. The molecule has 8 fully saturated rings. The van der Waals surface area contributed by atoms with Gasteiger partial charge < -0.3 is 23.7 Å². The van der Waals surface area contributed by atoms with Gasteiger partial charge in [0.25, 0.3) is 0 Å². The number of carbonyl (C=O) groups is 1. The molecule has 0 amide bonds. The molecule has 44 heavy (non-hydrogen) atoms. The van der Waals surface area contributed by atoms with Crippen LogP contribution in [0.5, 0.6) is 0 Å². The Morgan fingerprint density at radius 2 is 1.77 bits per heavy atom. The lowest BCUT2D eigenvalue weighted by Gasteiger charge is -2.60. The fraction of sp³-hybridized carbons (Fsp3) is 0.973. The lowest BCUT2D eigenvalue weighted by Crippen LogP contribution is -2.58. The second-order valence-corrected chi connectivity index (χ2v) is 17.8. The SMILES string of the molecule is CC(C)CC(=O)OCC1CCC2C(CC3C4CCC5C(C)(C)[C@@H](OC6CN(C7COC7)CCO6)CCC56C[C@@]46CCC23C)O1. The number of hydrogen-bond donors (Lipinski definition) is 0. The molecule has 248 valence electrons. The Morgan fingerprint density at radius 1 is 0.955 bits per heavy atom. The second kappa shape index (κ2) is 10.9. The maximum Gasteiger partial charge on any atom is 0.306 e. The van der Waals surface area contributed by atoms with Crippen LogP contribution in [0.1, 0.15) is 105 Å². The molecule has 0 radical (unpaired) electrons. The number of hydrogen-bond acceptors (Lipinski definition) is 7. The maximum atomic E-state index is 12.2. The number of morpholine rings is 1. The molecule has 8 rings (SSSR count). The summed E-state index contributed by atoms with van der Waals surface area (Å²) < 4.78 is 31.0. The fourth-order valence-corrected chi connectivity index (χ4v) is 12.9. The van der Waals surface area contributed by atoms with Gasteiger partial charge in [-0.3, -0.25) is 9.69 Å². The number of fused-ring (bicyclic) bond motifs is 4. The first-order chi connectivity index (χ1) is 21.1. The van der Waals surface area contributed by atoms with Crippen LogP contribution in [-0.4, -0.2) is 81.0 Å².